The second-order valence-electron chi connectivity index (χ2n) is 6.29. The Morgan fingerprint density at radius 2 is 1.96 bits per heavy atom. The highest BCUT2D eigenvalue weighted by molar-refractivity contribution is 8.13. The van der Waals surface area contributed by atoms with Crippen molar-refractivity contribution >= 4 is 39.4 Å². The number of hydrogen-bond donors (Lipinski definition) is 0. The third-order valence-electron chi connectivity index (χ3n) is 3.86. The van der Waals surface area contributed by atoms with Crippen molar-refractivity contribution in [3.63, 3.8) is 0 Å². The van der Waals surface area contributed by atoms with Crippen LogP contribution in [-0.2, 0) is 5.75 Å². The van der Waals surface area contributed by atoms with E-state index in [2.05, 4.69) is 21.9 Å². The summed E-state index contributed by atoms with van der Waals surface area (Å²) in [5, 5.41) is 10.1. The van der Waals surface area contributed by atoms with Gasteiger partial charge in [0.1, 0.15) is 5.52 Å². The van der Waals surface area contributed by atoms with E-state index in [1.54, 1.807) is 16.4 Å². The Bertz CT molecular complexity index is 1050. The van der Waals surface area contributed by atoms with Gasteiger partial charge in [0.05, 0.1) is 21.3 Å². The molecule has 1 heterocycles. The maximum atomic E-state index is 6.69. The first-order chi connectivity index (χ1) is 13.0. The zero-order valence-corrected chi connectivity index (χ0v) is 17.2. The number of rotatable bonds is 5. The number of fused-ring (bicyclic) bond motifs is 1. The maximum absolute atomic E-state index is 6.69. The number of aromatic nitrogens is 3. The lowest BCUT2D eigenvalue weighted by atomic mass is 10.2. The van der Waals surface area contributed by atoms with Gasteiger partial charge >= 0.3 is 0 Å². The molecule has 0 fully saturated rings. The molecule has 0 radical (unpaired) electrons. The summed E-state index contributed by atoms with van der Waals surface area (Å²) in [5.41, 5.74) is 5.58. The number of allylic oxidation sites excluding steroid dienone is 3. The fraction of sp³-hybridized carbons (Fsp3) is 0.190. The molecule has 1 aromatic heterocycles. The monoisotopic (exact) mass is 396 g/mol. The number of benzene rings is 2. The Hall–Kier alpha value is -2.37. The number of para-hydroxylation sites is 1. The van der Waals surface area contributed by atoms with Crippen LogP contribution in [0.3, 0.4) is 0 Å². The Balaban J connectivity index is 1.84. The molecule has 0 unspecified atom stereocenters. The molecule has 27 heavy (non-hydrogen) atoms. The van der Waals surface area contributed by atoms with Crippen LogP contribution in [0.5, 0.6) is 0 Å². The highest BCUT2D eigenvalue weighted by Crippen LogP contribution is 2.29. The fourth-order valence-corrected chi connectivity index (χ4v) is 3.91. The summed E-state index contributed by atoms with van der Waals surface area (Å²) < 4.78 is 1.78. The van der Waals surface area contributed by atoms with Crippen LogP contribution in [0.4, 0.5) is 0 Å². The molecule has 3 aromatic rings. The van der Waals surface area contributed by atoms with E-state index in [1.807, 2.05) is 69.3 Å². The molecule has 3 rings (SSSR count). The number of thioether (sulfide) groups is 1. The molecule has 0 amide bonds. The van der Waals surface area contributed by atoms with Gasteiger partial charge < -0.3 is 0 Å². The minimum atomic E-state index is 0.683. The summed E-state index contributed by atoms with van der Waals surface area (Å²) in [6.07, 6.45) is 1.97. The van der Waals surface area contributed by atoms with Crippen LogP contribution >= 0.6 is 23.4 Å². The van der Waals surface area contributed by atoms with Gasteiger partial charge in [-0.05, 0) is 50.6 Å². The number of aliphatic imine (C=N–C) groups is 1. The molecule has 0 bridgehead atoms. The predicted molar refractivity (Wildman–Crippen MR) is 117 cm³/mol. The molecule has 6 heteroatoms. The molecular weight excluding hydrogens is 376 g/mol. The average Bonchev–Trinajstić information content (AvgIpc) is 3.04. The fourth-order valence-electron chi connectivity index (χ4n) is 2.74. The quantitative estimate of drug-likeness (QED) is 0.292. The van der Waals surface area contributed by atoms with Crippen molar-refractivity contribution in [2.75, 3.05) is 0 Å². The highest BCUT2D eigenvalue weighted by atomic mass is 35.5. The lowest BCUT2D eigenvalue weighted by Gasteiger charge is -2.10. The van der Waals surface area contributed by atoms with E-state index < -0.39 is 0 Å². The Morgan fingerprint density at radius 3 is 2.74 bits per heavy atom. The van der Waals surface area contributed by atoms with Gasteiger partial charge in [0, 0.05) is 11.4 Å². The Kier molecular flexibility index (Phi) is 6.14. The Morgan fingerprint density at radius 1 is 1.19 bits per heavy atom. The van der Waals surface area contributed by atoms with Crippen LogP contribution < -0.4 is 0 Å². The minimum absolute atomic E-state index is 0.683. The van der Waals surface area contributed by atoms with E-state index >= 15 is 0 Å². The lowest BCUT2D eigenvalue weighted by molar-refractivity contribution is 0.823. The van der Waals surface area contributed by atoms with Gasteiger partial charge in [-0.25, -0.2) is 4.68 Å². The van der Waals surface area contributed by atoms with E-state index in [1.165, 1.54) is 0 Å². The summed E-state index contributed by atoms with van der Waals surface area (Å²) in [6.45, 7) is 9.82. The first-order valence-corrected chi connectivity index (χ1v) is 9.92. The van der Waals surface area contributed by atoms with Crippen LogP contribution in [-0.4, -0.2) is 20.0 Å². The Labute approximate surface area is 168 Å². The minimum Gasteiger partial charge on any atom is -0.252 e. The molecule has 2 aromatic carbocycles. The molecule has 0 saturated carbocycles. The van der Waals surface area contributed by atoms with E-state index in [0.717, 1.165) is 44.4 Å². The van der Waals surface area contributed by atoms with Gasteiger partial charge in [-0.1, -0.05) is 53.2 Å². The van der Waals surface area contributed by atoms with Gasteiger partial charge in [0.2, 0.25) is 0 Å². The molecule has 0 spiro atoms. The number of hydrogen-bond acceptors (Lipinski definition) is 4. The zero-order chi connectivity index (χ0) is 19.4. The molecular formula is C21H21ClN4S. The van der Waals surface area contributed by atoms with Crippen molar-refractivity contribution in [2.24, 2.45) is 4.99 Å². The van der Waals surface area contributed by atoms with E-state index in [-0.39, 0.29) is 0 Å². The smallest absolute Gasteiger partial charge is 0.113 e. The van der Waals surface area contributed by atoms with E-state index in [0.29, 0.717) is 5.02 Å². The predicted octanol–water partition coefficient (Wildman–Crippen LogP) is 6.21. The van der Waals surface area contributed by atoms with Gasteiger partial charge in [-0.15, -0.1) is 16.9 Å². The van der Waals surface area contributed by atoms with Crippen molar-refractivity contribution in [3.05, 3.63) is 77.0 Å². The second-order valence-corrected chi connectivity index (χ2v) is 7.84. The molecule has 0 saturated heterocycles. The topological polar surface area (TPSA) is 43.1 Å². The third kappa shape index (κ3) is 4.67. The average molecular weight is 397 g/mol. The van der Waals surface area contributed by atoms with Gasteiger partial charge in [0.25, 0.3) is 0 Å². The molecule has 0 aliphatic rings. The van der Waals surface area contributed by atoms with Crippen molar-refractivity contribution in [1.29, 1.82) is 0 Å². The van der Waals surface area contributed by atoms with E-state index in [9.17, 15) is 0 Å². The van der Waals surface area contributed by atoms with Gasteiger partial charge in [-0.2, -0.15) is 0 Å². The molecule has 0 N–H and O–H groups in total. The summed E-state index contributed by atoms with van der Waals surface area (Å²) in [6, 6.07) is 13.8. The van der Waals surface area contributed by atoms with Crippen LogP contribution in [0, 0.1) is 0 Å². The van der Waals surface area contributed by atoms with Crippen LogP contribution in [0.25, 0.3) is 16.7 Å². The zero-order valence-electron chi connectivity index (χ0n) is 15.6. The molecule has 138 valence electrons. The van der Waals surface area contributed by atoms with Gasteiger partial charge in [0.15, 0.2) is 0 Å². The summed E-state index contributed by atoms with van der Waals surface area (Å²) in [5.74, 6) is 0.731. The highest BCUT2D eigenvalue weighted by Gasteiger charge is 2.12. The molecule has 0 aliphatic carbocycles. The standard InChI is InChI=1S/C21H21ClN4S/c1-14(2)12-15(3)23-16(4)27-13-17-8-7-11-20(21(17)22)26-19-10-6-5-9-18(19)24-25-26/h5-12H,1,13H2,2-4H3/b15-12-,23-16?. The van der Waals surface area contributed by atoms with Gasteiger partial charge in [-0.3, -0.25) is 4.99 Å². The SMILES string of the molecule is C=C(C)/C=C(/C)N=C(C)SCc1cccc(-n2nnc3ccccc32)c1Cl. The van der Waals surface area contributed by atoms with Crippen molar-refractivity contribution in [3.8, 4) is 5.69 Å². The summed E-state index contributed by atoms with van der Waals surface area (Å²) in [7, 11) is 0. The molecule has 4 nitrogen and oxygen atoms in total. The number of halogens is 1. The summed E-state index contributed by atoms with van der Waals surface area (Å²) >= 11 is 8.35. The number of nitrogens with zero attached hydrogens (tertiary/aromatic N) is 4. The van der Waals surface area contributed by atoms with Crippen molar-refractivity contribution in [1.82, 2.24) is 15.0 Å². The first kappa shape index (κ1) is 19.4. The summed E-state index contributed by atoms with van der Waals surface area (Å²) in [4.78, 5) is 4.58. The third-order valence-corrected chi connectivity index (χ3v) is 5.26. The van der Waals surface area contributed by atoms with Crippen molar-refractivity contribution < 1.29 is 0 Å². The van der Waals surface area contributed by atoms with Crippen LogP contribution in [0.2, 0.25) is 5.02 Å². The van der Waals surface area contributed by atoms with Crippen LogP contribution in [0.15, 0.2) is 71.4 Å². The maximum Gasteiger partial charge on any atom is 0.113 e. The molecule has 0 aliphatic heterocycles. The van der Waals surface area contributed by atoms with Crippen LogP contribution in [0.1, 0.15) is 26.3 Å². The largest absolute Gasteiger partial charge is 0.252 e. The van der Waals surface area contributed by atoms with Crippen molar-refractivity contribution in [2.45, 2.75) is 26.5 Å². The van der Waals surface area contributed by atoms with E-state index in [4.69, 9.17) is 11.6 Å². The lowest BCUT2D eigenvalue weighted by Crippen LogP contribution is -2.00. The second kappa shape index (κ2) is 8.55. The normalized spacial score (nSPS) is 12.6. The molecule has 0 atom stereocenters. The first-order valence-electron chi connectivity index (χ1n) is 8.56.